The maximum absolute atomic E-state index is 13.7. The van der Waals surface area contributed by atoms with E-state index in [0.717, 1.165) is 20.6 Å². The minimum absolute atomic E-state index is 0.141. The summed E-state index contributed by atoms with van der Waals surface area (Å²) in [5.74, 6) is -2.35. The highest BCUT2D eigenvalue weighted by atomic mass is 79.9. The third-order valence-corrected chi connectivity index (χ3v) is 6.42. The topological polar surface area (TPSA) is 76.2 Å². The highest BCUT2D eigenvalue weighted by Gasteiger charge is 2.60. The predicted molar refractivity (Wildman–Crippen MR) is 124 cm³/mol. The smallest absolute Gasteiger partial charge is 0.339 e. The molecular formula is C25H19BrN2O5. The number of nitrogens with zero attached hydrogens (tertiary/aromatic N) is 2. The summed E-state index contributed by atoms with van der Waals surface area (Å²) in [4.78, 5) is 46.7. The van der Waals surface area contributed by atoms with Gasteiger partial charge in [0.2, 0.25) is 5.91 Å². The minimum Gasteiger partial charge on any atom is -0.465 e. The molecule has 0 aliphatic carbocycles. The summed E-state index contributed by atoms with van der Waals surface area (Å²) < 4.78 is 5.74. The van der Waals surface area contributed by atoms with E-state index in [1.54, 1.807) is 23.3 Å². The number of imide groups is 1. The van der Waals surface area contributed by atoms with Crippen LogP contribution in [0.1, 0.15) is 22.0 Å². The van der Waals surface area contributed by atoms with E-state index in [9.17, 15) is 14.4 Å². The molecule has 3 aromatic carbocycles. The normalized spacial score (nSPS) is 21.9. The Morgan fingerprint density at radius 3 is 2.27 bits per heavy atom. The summed E-state index contributed by atoms with van der Waals surface area (Å²) >= 11 is 3.44. The Bertz CT molecular complexity index is 1230. The number of para-hydroxylation sites is 2. The minimum atomic E-state index is -1.02. The predicted octanol–water partition coefficient (Wildman–Crippen LogP) is 4.29. The van der Waals surface area contributed by atoms with Crippen LogP contribution in [0.2, 0.25) is 0 Å². The molecule has 0 saturated carbocycles. The number of amides is 2. The van der Waals surface area contributed by atoms with Crippen LogP contribution in [0.3, 0.4) is 0 Å². The average molecular weight is 507 g/mol. The van der Waals surface area contributed by atoms with Crippen LogP contribution in [0.5, 0.6) is 0 Å². The van der Waals surface area contributed by atoms with Crippen LogP contribution < -0.4 is 9.96 Å². The van der Waals surface area contributed by atoms with E-state index < -0.39 is 35.8 Å². The van der Waals surface area contributed by atoms with Gasteiger partial charge in [-0.2, -0.15) is 0 Å². The number of hydrogen-bond acceptors (Lipinski definition) is 6. The van der Waals surface area contributed by atoms with Gasteiger partial charge in [-0.25, -0.2) is 14.8 Å². The third kappa shape index (κ3) is 3.51. The van der Waals surface area contributed by atoms with Gasteiger partial charge in [0, 0.05) is 4.47 Å². The van der Waals surface area contributed by atoms with Gasteiger partial charge >= 0.3 is 5.97 Å². The van der Waals surface area contributed by atoms with Crippen LogP contribution in [0.4, 0.5) is 11.4 Å². The van der Waals surface area contributed by atoms with Crippen molar-refractivity contribution in [2.75, 3.05) is 17.1 Å². The van der Waals surface area contributed by atoms with Gasteiger partial charge in [0.1, 0.15) is 5.92 Å². The fourth-order valence-electron chi connectivity index (χ4n) is 4.40. The number of carbonyl (C=O) groups excluding carboxylic acids is 3. The number of fused-ring (bicyclic) bond motifs is 1. The summed E-state index contributed by atoms with van der Waals surface area (Å²) in [7, 11) is 1.26. The number of ether oxygens (including phenoxy) is 1. The van der Waals surface area contributed by atoms with Crippen molar-refractivity contribution >= 4 is 45.1 Å². The maximum atomic E-state index is 13.7. The second-order valence-electron chi connectivity index (χ2n) is 7.73. The molecule has 0 aromatic heterocycles. The molecule has 3 atom stereocenters. The zero-order chi connectivity index (χ0) is 23.1. The lowest BCUT2D eigenvalue weighted by Gasteiger charge is -2.29. The zero-order valence-electron chi connectivity index (χ0n) is 17.6. The lowest BCUT2D eigenvalue weighted by molar-refractivity contribution is -0.126. The summed E-state index contributed by atoms with van der Waals surface area (Å²) in [5.41, 5.74) is 1.90. The molecule has 2 saturated heterocycles. The van der Waals surface area contributed by atoms with Crippen molar-refractivity contribution in [3.8, 4) is 0 Å². The highest BCUT2D eigenvalue weighted by molar-refractivity contribution is 9.10. The number of esters is 1. The lowest BCUT2D eigenvalue weighted by atomic mass is 9.90. The van der Waals surface area contributed by atoms with Crippen LogP contribution in [0.25, 0.3) is 0 Å². The van der Waals surface area contributed by atoms with Gasteiger partial charge in [-0.1, -0.05) is 58.4 Å². The number of anilines is 2. The van der Waals surface area contributed by atoms with Crippen molar-refractivity contribution in [1.82, 2.24) is 0 Å². The maximum Gasteiger partial charge on any atom is 0.339 e. The van der Waals surface area contributed by atoms with Crippen LogP contribution in [-0.2, 0) is 19.2 Å². The zero-order valence-corrected chi connectivity index (χ0v) is 19.1. The highest BCUT2D eigenvalue weighted by Crippen LogP contribution is 2.48. The van der Waals surface area contributed by atoms with E-state index in [2.05, 4.69) is 15.9 Å². The first-order chi connectivity index (χ1) is 16.0. The van der Waals surface area contributed by atoms with Gasteiger partial charge in [-0.05, 0) is 42.0 Å². The van der Waals surface area contributed by atoms with Crippen LogP contribution in [-0.4, -0.2) is 31.0 Å². The second-order valence-corrected chi connectivity index (χ2v) is 8.65. The number of carbonyl (C=O) groups is 3. The van der Waals surface area contributed by atoms with Crippen molar-refractivity contribution in [1.29, 1.82) is 0 Å². The molecule has 2 amide bonds. The van der Waals surface area contributed by atoms with Crippen molar-refractivity contribution in [3.63, 3.8) is 0 Å². The molecule has 0 N–H and O–H groups in total. The fourth-order valence-corrected chi connectivity index (χ4v) is 4.67. The van der Waals surface area contributed by atoms with E-state index in [-0.39, 0.29) is 11.3 Å². The average Bonchev–Trinajstić information content (AvgIpc) is 3.35. The standard InChI is InChI=1S/C25H19BrN2O5/c1-32-25(31)18-9-5-6-10-19(18)27-23(29)20-21(15-11-13-16(26)14-12-15)28(33-22(20)24(27)30)17-7-3-2-4-8-17/h2-14,20-22H,1H3/t20-,21+,22+/m1/s1. The summed E-state index contributed by atoms with van der Waals surface area (Å²) in [6.07, 6.45) is -1.02. The van der Waals surface area contributed by atoms with E-state index in [4.69, 9.17) is 9.57 Å². The van der Waals surface area contributed by atoms with Crippen molar-refractivity contribution in [2.45, 2.75) is 12.1 Å². The first kappa shape index (κ1) is 21.4. The van der Waals surface area contributed by atoms with E-state index >= 15 is 0 Å². The number of hydroxylamine groups is 1. The SMILES string of the molecule is COC(=O)c1ccccc1N1C(=O)[C@H]2[C@H](ON(c3ccccc3)[C@H]2c2ccc(Br)cc2)C1=O. The van der Waals surface area contributed by atoms with Gasteiger partial charge in [0.25, 0.3) is 5.91 Å². The molecule has 5 rings (SSSR count). The number of halogens is 1. The molecule has 0 bridgehead atoms. The molecule has 2 aliphatic heterocycles. The molecule has 8 heteroatoms. The number of methoxy groups -OCH3 is 1. The molecule has 0 spiro atoms. The van der Waals surface area contributed by atoms with Crippen LogP contribution in [0, 0.1) is 5.92 Å². The van der Waals surface area contributed by atoms with E-state index in [1.807, 2.05) is 54.6 Å². The third-order valence-electron chi connectivity index (χ3n) is 5.89. The lowest BCUT2D eigenvalue weighted by Crippen LogP contribution is -2.38. The quantitative estimate of drug-likeness (QED) is 0.388. The number of rotatable bonds is 4. The molecule has 7 nitrogen and oxygen atoms in total. The Labute approximate surface area is 198 Å². The van der Waals surface area contributed by atoms with Gasteiger partial charge in [-0.3, -0.25) is 14.4 Å². The Morgan fingerprint density at radius 1 is 0.909 bits per heavy atom. The largest absolute Gasteiger partial charge is 0.465 e. The molecule has 166 valence electrons. The second kappa shape index (κ2) is 8.46. The van der Waals surface area contributed by atoms with Crippen LogP contribution in [0.15, 0.2) is 83.3 Å². The van der Waals surface area contributed by atoms with Gasteiger partial charge < -0.3 is 4.74 Å². The van der Waals surface area contributed by atoms with Crippen molar-refractivity contribution in [3.05, 3.63) is 94.5 Å². The Morgan fingerprint density at radius 2 is 1.58 bits per heavy atom. The molecule has 2 heterocycles. The molecule has 2 aliphatic rings. The van der Waals surface area contributed by atoms with Gasteiger partial charge in [-0.15, -0.1) is 0 Å². The Kier molecular flexibility index (Phi) is 5.47. The fraction of sp³-hybridized carbons (Fsp3) is 0.160. The summed E-state index contributed by atoms with van der Waals surface area (Å²) in [5, 5.41) is 1.64. The molecule has 0 radical (unpaired) electrons. The number of benzene rings is 3. The molecule has 3 aromatic rings. The first-order valence-corrected chi connectivity index (χ1v) is 11.1. The first-order valence-electron chi connectivity index (χ1n) is 10.3. The monoisotopic (exact) mass is 506 g/mol. The molecular weight excluding hydrogens is 488 g/mol. The van der Waals surface area contributed by atoms with Crippen LogP contribution >= 0.6 is 15.9 Å². The van der Waals surface area contributed by atoms with E-state index in [0.29, 0.717) is 0 Å². The molecule has 33 heavy (non-hydrogen) atoms. The Hall–Kier alpha value is -3.49. The Balaban J connectivity index is 1.59. The van der Waals surface area contributed by atoms with Crippen molar-refractivity contribution in [2.24, 2.45) is 5.92 Å². The van der Waals surface area contributed by atoms with Gasteiger partial charge in [0.15, 0.2) is 6.10 Å². The van der Waals surface area contributed by atoms with Gasteiger partial charge in [0.05, 0.1) is 30.1 Å². The molecule has 0 unspecified atom stereocenters. The van der Waals surface area contributed by atoms with E-state index in [1.165, 1.54) is 13.2 Å². The van der Waals surface area contributed by atoms with Crippen molar-refractivity contribution < 1.29 is 24.0 Å². The summed E-state index contributed by atoms with van der Waals surface area (Å²) in [6, 6.07) is 22.8. The number of hydrogen-bond donors (Lipinski definition) is 0. The molecule has 2 fully saturated rings. The summed E-state index contributed by atoms with van der Waals surface area (Å²) in [6.45, 7) is 0.